The predicted molar refractivity (Wildman–Crippen MR) is 76.4 cm³/mol. The summed E-state index contributed by atoms with van der Waals surface area (Å²) in [6.45, 7) is -0.628. The lowest BCUT2D eigenvalue weighted by atomic mass is 10.2. The fourth-order valence-corrected chi connectivity index (χ4v) is 2.03. The van der Waals surface area contributed by atoms with Crippen molar-refractivity contribution < 1.29 is 13.2 Å². The Morgan fingerprint density at radius 2 is 1.91 bits per heavy atom. The molecule has 0 spiro atoms. The summed E-state index contributed by atoms with van der Waals surface area (Å²) in [5, 5.41) is 11.5. The van der Waals surface area contributed by atoms with Gasteiger partial charge in [-0.15, -0.1) is 5.10 Å². The summed E-state index contributed by atoms with van der Waals surface area (Å²) in [6, 6.07) is 6.27. The molecule has 1 heterocycles. The van der Waals surface area contributed by atoms with E-state index in [2.05, 4.69) is 5.10 Å². The lowest BCUT2D eigenvalue weighted by Crippen LogP contribution is -2.27. The molecule has 0 fully saturated rings. The van der Waals surface area contributed by atoms with Gasteiger partial charge >= 0.3 is 11.9 Å². The molecule has 118 valence electrons. The van der Waals surface area contributed by atoms with Crippen molar-refractivity contribution >= 4 is 17.8 Å². The molecular weight excluding hydrogens is 321 g/mol. The normalized spacial score (nSPS) is 11.6. The maximum Gasteiger partial charge on any atom is 0.390 e. The topological polar surface area (TPSA) is 63.7 Å². The highest BCUT2D eigenvalue weighted by Gasteiger charge is 2.28. The van der Waals surface area contributed by atoms with Crippen molar-refractivity contribution in [2.75, 3.05) is 0 Å². The first-order chi connectivity index (χ1) is 10.3. The van der Waals surface area contributed by atoms with Gasteiger partial charge in [0.1, 0.15) is 0 Å². The number of benzene rings is 1. The zero-order chi connectivity index (χ0) is 16.3. The molecule has 9 heteroatoms. The summed E-state index contributed by atoms with van der Waals surface area (Å²) in [6.07, 6.45) is -4.56. The first-order valence-electron chi connectivity index (χ1n) is 6.31. The van der Waals surface area contributed by atoms with Crippen LogP contribution in [0.15, 0.2) is 29.1 Å². The van der Waals surface area contributed by atoms with Gasteiger partial charge in [0.15, 0.2) is 5.82 Å². The van der Waals surface area contributed by atoms with Gasteiger partial charge in [-0.05, 0) is 24.3 Å². The van der Waals surface area contributed by atoms with Gasteiger partial charge in [0.2, 0.25) is 0 Å². The lowest BCUT2D eigenvalue weighted by molar-refractivity contribution is -0.136. The molecular formula is C13H12ClF3N4O. The number of nitrogens with one attached hydrogen (secondary N) is 1. The Morgan fingerprint density at radius 1 is 1.27 bits per heavy atom. The fraction of sp³-hybridized carbons (Fsp3) is 0.308. The molecule has 0 radical (unpaired) electrons. The van der Waals surface area contributed by atoms with Gasteiger partial charge in [0, 0.05) is 23.3 Å². The second-order valence-electron chi connectivity index (χ2n) is 4.52. The van der Waals surface area contributed by atoms with Crippen molar-refractivity contribution in [2.24, 2.45) is 0 Å². The Labute approximate surface area is 128 Å². The molecule has 0 saturated heterocycles. The molecule has 0 aliphatic heterocycles. The van der Waals surface area contributed by atoms with E-state index in [-0.39, 0.29) is 12.4 Å². The van der Waals surface area contributed by atoms with Crippen LogP contribution >= 0.6 is 11.6 Å². The van der Waals surface area contributed by atoms with E-state index in [4.69, 9.17) is 17.0 Å². The third kappa shape index (κ3) is 3.76. The van der Waals surface area contributed by atoms with E-state index < -0.39 is 24.8 Å². The Balaban J connectivity index is 2.46. The average molecular weight is 333 g/mol. The van der Waals surface area contributed by atoms with Crippen LogP contribution in [0.2, 0.25) is 5.02 Å². The van der Waals surface area contributed by atoms with Gasteiger partial charge in [-0.2, -0.15) is 13.2 Å². The first-order valence-corrected chi connectivity index (χ1v) is 6.69. The van der Waals surface area contributed by atoms with E-state index in [9.17, 15) is 18.0 Å². The van der Waals surface area contributed by atoms with Crippen LogP contribution in [0.4, 0.5) is 13.2 Å². The van der Waals surface area contributed by atoms with Gasteiger partial charge in [-0.25, -0.2) is 9.48 Å². The number of rotatable bonds is 5. The summed E-state index contributed by atoms with van der Waals surface area (Å²) >= 11 is 5.77. The van der Waals surface area contributed by atoms with Gasteiger partial charge in [-0.1, -0.05) is 11.6 Å². The number of aromatic nitrogens is 3. The molecule has 22 heavy (non-hydrogen) atoms. The smallest absolute Gasteiger partial charge is 0.311 e. The minimum atomic E-state index is -4.37. The Morgan fingerprint density at radius 3 is 2.45 bits per heavy atom. The van der Waals surface area contributed by atoms with Crippen LogP contribution < -0.4 is 5.69 Å². The van der Waals surface area contributed by atoms with E-state index in [0.29, 0.717) is 10.6 Å². The third-order valence-corrected chi connectivity index (χ3v) is 3.16. The van der Waals surface area contributed by atoms with Crippen LogP contribution in [0.1, 0.15) is 6.42 Å². The van der Waals surface area contributed by atoms with Crippen LogP contribution in [0.5, 0.6) is 0 Å². The number of nitrogens with zero attached hydrogens (tertiary/aromatic N) is 3. The second kappa shape index (κ2) is 6.35. The van der Waals surface area contributed by atoms with Gasteiger partial charge in [0.25, 0.3) is 0 Å². The second-order valence-corrected chi connectivity index (χ2v) is 4.95. The highest BCUT2D eigenvalue weighted by atomic mass is 35.5. The minimum Gasteiger partial charge on any atom is -0.311 e. The molecule has 0 aliphatic rings. The van der Waals surface area contributed by atoms with Crippen molar-refractivity contribution in [1.82, 2.24) is 14.3 Å². The quantitative estimate of drug-likeness (QED) is 0.856. The largest absolute Gasteiger partial charge is 0.390 e. The van der Waals surface area contributed by atoms with Crippen LogP contribution in [0.3, 0.4) is 0 Å². The summed E-state index contributed by atoms with van der Waals surface area (Å²) in [5.41, 5.74) is -0.204. The van der Waals surface area contributed by atoms with Crippen LogP contribution in [0, 0.1) is 5.41 Å². The lowest BCUT2D eigenvalue weighted by Gasteiger charge is -2.08. The fourth-order valence-electron chi connectivity index (χ4n) is 1.90. The highest BCUT2D eigenvalue weighted by molar-refractivity contribution is 6.30. The summed E-state index contributed by atoms with van der Waals surface area (Å²) < 4.78 is 39.2. The van der Waals surface area contributed by atoms with Crippen molar-refractivity contribution in [3.05, 3.63) is 39.8 Å². The molecule has 1 N–H and O–H groups in total. The number of hydrogen-bond donors (Lipinski definition) is 1. The highest BCUT2D eigenvalue weighted by Crippen LogP contribution is 2.23. The molecule has 0 amide bonds. The molecule has 0 aliphatic carbocycles. The van der Waals surface area contributed by atoms with Gasteiger partial charge in [0.05, 0.1) is 13.0 Å². The van der Waals surface area contributed by atoms with Crippen molar-refractivity contribution in [2.45, 2.75) is 25.7 Å². The van der Waals surface area contributed by atoms with Gasteiger partial charge in [-0.3, -0.25) is 4.57 Å². The predicted octanol–water partition coefficient (Wildman–Crippen LogP) is 2.97. The summed E-state index contributed by atoms with van der Waals surface area (Å²) in [5.74, 6) is 0.118. The molecule has 0 saturated carbocycles. The molecule has 1 aromatic carbocycles. The maximum atomic E-state index is 12.4. The van der Waals surface area contributed by atoms with Crippen molar-refractivity contribution in [1.29, 1.82) is 5.41 Å². The van der Waals surface area contributed by atoms with E-state index in [1.165, 1.54) is 0 Å². The van der Waals surface area contributed by atoms with Crippen molar-refractivity contribution in [3.63, 3.8) is 0 Å². The minimum absolute atomic E-state index is 0.0988. The summed E-state index contributed by atoms with van der Waals surface area (Å²) in [7, 11) is 0. The average Bonchev–Trinajstić information content (AvgIpc) is 2.74. The SMILES string of the molecule is N=CCn1nc(-c2ccc(Cl)cc2)n(CCC(F)(F)F)c1=O. The molecule has 0 bridgehead atoms. The van der Waals surface area contributed by atoms with Crippen LogP contribution in [0.25, 0.3) is 11.4 Å². The van der Waals surface area contributed by atoms with E-state index in [0.717, 1.165) is 15.5 Å². The Bertz CT molecular complexity index is 718. The number of halogens is 4. The third-order valence-electron chi connectivity index (χ3n) is 2.91. The van der Waals surface area contributed by atoms with E-state index in [1.807, 2.05) is 0 Å². The summed E-state index contributed by atoms with van der Waals surface area (Å²) in [4.78, 5) is 12.1. The molecule has 2 aromatic rings. The Hall–Kier alpha value is -2.09. The first kappa shape index (κ1) is 16.3. The Kier molecular flexibility index (Phi) is 4.70. The zero-order valence-electron chi connectivity index (χ0n) is 11.3. The number of alkyl halides is 3. The van der Waals surface area contributed by atoms with Crippen LogP contribution in [-0.4, -0.2) is 26.7 Å². The monoisotopic (exact) mass is 332 g/mol. The molecule has 0 atom stereocenters. The van der Waals surface area contributed by atoms with E-state index in [1.54, 1.807) is 24.3 Å². The standard InChI is InChI=1S/C13H12ClF3N4O/c14-10-3-1-9(2-4-10)11-19-21(8-6-18)12(22)20(11)7-5-13(15,16)17/h1-4,6,18H,5,7-8H2. The number of hydrogen-bond acceptors (Lipinski definition) is 3. The van der Waals surface area contributed by atoms with Crippen LogP contribution in [-0.2, 0) is 13.1 Å². The van der Waals surface area contributed by atoms with Gasteiger partial charge < -0.3 is 5.41 Å². The molecule has 2 rings (SSSR count). The molecule has 1 aromatic heterocycles. The van der Waals surface area contributed by atoms with Crippen molar-refractivity contribution in [3.8, 4) is 11.4 Å². The molecule has 5 nitrogen and oxygen atoms in total. The maximum absolute atomic E-state index is 12.4. The molecule has 0 unspecified atom stereocenters. The zero-order valence-corrected chi connectivity index (χ0v) is 12.0. The van der Waals surface area contributed by atoms with E-state index >= 15 is 0 Å².